The second-order valence-electron chi connectivity index (χ2n) is 3.50. The van der Waals surface area contributed by atoms with Crippen molar-refractivity contribution in [3.05, 3.63) is 29.1 Å². The molecule has 1 aromatic carbocycles. The van der Waals surface area contributed by atoms with Crippen LogP contribution in [0.5, 0.6) is 5.75 Å². The SMILES string of the molecule is CC(=O)c1cc2c(cc1F)OCC(=O)C2. The van der Waals surface area contributed by atoms with Gasteiger partial charge in [-0.05, 0) is 13.0 Å². The zero-order valence-corrected chi connectivity index (χ0v) is 8.17. The van der Waals surface area contributed by atoms with Gasteiger partial charge in [0.05, 0.1) is 5.56 Å². The molecule has 0 bridgehead atoms. The lowest BCUT2D eigenvalue weighted by molar-refractivity contribution is -0.121. The normalized spacial score (nSPS) is 14.4. The first-order valence-electron chi connectivity index (χ1n) is 4.56. The van der Waals surface area contributed by atoms with Crippen molar-refractivity contribution in [3.8, 4) is 5.75 Å². The van der Waals surface area contributed by atoms with Crippen molar-refractivity contribution in [1.82, 2.24) is 0 Å². The minimum absolute atomic E-state index is 0.00653. The Morgan fingerprint density at radius 1 is 1.47 bits per heavy atom. The van der Waals surface area contributed by atoms with Gasteiger partial charge in [-0.3, -0.25) is 9.59 Å². The predicted octanol–water partition coefficient (Wildman–Crippen LogP) is 1.53. The summed E-state index contributed by atoms with van der Waals surface area (Å²) in [6, 6.07) is 2.56. The highest BCUT2D eigenvalue weighted by Gasteiger charge is 2.20. The molecule has 0 aliphatic carbocycles. The molecule has 1 aromatic rings. The molecule has 0 radical (unpaired) electrons. The number of ether oxygens (including phenoxy) is 1. The molecule has 0 unspecified atom stereocenters. The Hall–Kier alpha value is -1.71. The lowest BCUT2D eigenvalue weighted by atomic mass is 10.0. The van der Waals surface area contributed by atoms with Crippen LogP contribution in [0.15, 0.2) is 12.1 Å². The van der Waals surface area contributed by atoms with Gasteiger partial charge in [-0.1, -0.05) is 0 Å². The van der Waals surface area contributed by atoms with Crippen LogP contribution in [-0.4, -0.2) is 18.2 Å². The van der Waals surface area contributed by atoms with E-state index >= 15 is 0 Å². The van der Waals surface area contributed by atoms with Gasteiger partial charge in [-0.2, -0.15) is 0 Å². The molecule has 0 spiro atoms. The van der Waals surface area contributed by atoms with Gasteiger partial charge in [0, 0.05) is 18.1 Å². The van der Waals surface area contributed by atoms with E-state index in [1.807, 2.05) is 0 Å². The van der Waals surface area contributed by atoms with Gasteiger partial charge in [0.2, 0.25) is 0 Å². The third kappa shape index (κ3) is 1.75. The fourth-order valence-corrected chi connectivity index (χ4v) is 1.56. The average Bonchev–Trinajstić information content (AvgIpc) is 2.17. The first-order chi connectivity index (χ1) is 7.08. The fraction of sp³-hybridized carbons (Fsp3) is 0.273. The predicted molar refractivity (Wildman–Crippen MR) is 50.6 cm³/mol. The second-order valence-corrected chi connectivity index (χ2v) is 3.50. The molecule has 2 rings (SSSR count). The first kappa shape index (κ1) is 9.83. The van der Waals surface area contributed by atoms with Crippen LogP contribution in [0.2, 0.25) is 0 Å². The zero-order valence-electron chi connectivity index (χ0n) is 8.17. The Morgan fingerprint density at radius 3 is 2.87 bits per heavy atom. The van der Waals surface area contributed by atoms with E-state index in [9.17, 15) is 14.0 Å². The van der Waals surface area contributed by atoms with Gasteiger partial charge in [0.1, 0.15) is 18.2 Å². The van der Waals surface area contributed by atoms with Gasteiger partial charge in [-0.25, -0.2) is 4.39 Å². The summed E-state index contributed by atoms with van der Waals surface area (Å²) in [5, 5.41) is 0. The van der Waals surface area contributed by atoms with Crippen molar-refractivity contribution >= 4 is 11.6 Å². The molecule has 0 amide bonds. The number of hydrogen-bond donors (Lipinski definition) is 0. The number of carbonyl (C=O) groups is 2. The molecule has 1 aliphatic rings. The molecule has 0 saturated carbocycles. The number of rotatable bonds is 1. The molecule has 3 nitrogen and oxygen atoms in total. The molecule has 0 N–H and O–H groups in total. The molecule has 78 valence electrons. The Kier molecular flexibility index (Phi) is 2.26. The van der Waals surface area contributed by atoms with E-state index in [1.165, 1.54) is 19.1 Å². The third-order valence-corrected chi connectivity index (χ3v) is 2.31. The molecule has 1 aliphatic heterocycles. The topological polar surface area (TPSA) is 43.4 Å². The largest absolute Gasteiger partial charge is 0.485 e. The minimum atomic E-state index is -0.601. The summed E-state index contributed by atoms with van der Waals surface area (Å²) < 4.78 is 18.4. The number of Topliss-reactive ketones (excluding diaryl/α,β-unsaturated/α-hetero) is 2. The number of fused-ring (bicyclic) bond motifs is 1. The van der Waals surface area contributed by atoms with E-state index in [1.54, 1.807) is 0 Å². The van der Waals surface area contributed by atoms with Crippen LogP contribution in [0, 0.1) is 5.82 Å². The monoisotopic (exact) mass is 208 g/mol. The maximum absolute atomic E-state index is 13.3. The van der Waals surface area contributed by atoms with Gasteiger partial charge in [0.15, 0.2) is 11.6 Å². The number of hydrogen-bond acceptors (Lipinski definition) is 3. The highest BCUT2D eigenvalue weighted by molar-refractivity contribution is 5.95. The summed E-state index contributed by atoms with van der Waals surface area (Å²) >= 11 is 0. The molecule has 0 saturated heterocycles. The van der Waals surface area contributed by atoms with Gasteiger partial charge in [0.25, 0.3) is 0 Å². The van der Waals surface area contributed by atoms with Crippen LogP contribution in [0.25, 0.3) is 0 Å². The van der Waals surface area contributed by atoms with Crippen molar-refractivity contribution in [2.75, 3.05) is 6.61 Å². The van der Waals surface area contributed by atoms with Crippen molar-refractivity contribution in [1.29, 1.82) is 0 Å². The summed E-state index contributed by atoms with van der Waals surface area (Å²) in [6.07, 6.45) is 0.204. The van der Waals surface area contributed by atoms with Crippen LogP contribution in [0.3, 0.4) is 0 Å². The highest BCUT2D eigenvalue weighted by Crippen LogP contribution is 2.26. The molecular formula is C11H9FO3. The molecule has 1 heterocycles. The van der Waals surface area contributed by atoms with Crippen molar-refractivity contribution in [2.24, 2.45) is 0 Å². The summed E-state index contributed by atoms with van der Waals surface area (Å²) in [7, 11) is 0. The molecule has 0 fully saturated rings. The van der Waals surface area contributed by atoms with Crippen LogP contribution < -0.4 is 4.74 Å². The van der Waals surface area contributed by atoms with Crippen molar-refractivity contribution < 1.29 is 18.7 Å². The van der Waals surface area contributed by atoms with E-state index < -0.39 is 5.82 Å². The van der Waals surface area contributed by atoms with Crippen molar-refractivity contribution in [3.63, 3.8) is 0 Å². The van der Waals surface area contributed by atoms with E-state index in [-0.39, 0.29) is 30.2 Å². The maximum Gasteiger partial charge on any atom is 0.174 e. The standard InChI is InChI=1S/C11H9FO3/c1-6(13)9-3-7-2-8(14)5-15-11(7)4-10(9)12/h3-4H,2,5H2,1H3. The van der Waals surface area contributed by atoms with Gasteiger partial charge < -0.3 is 4.74 Å². The van der Waals surface area contributed by atoms with Crippen LogP contribution >= 0.6 is 0 Å². The summed E-state index contributed by atoms with van der Waals surface area (Å²) in [5.74, 6) is -0.662. The highest BCUT2D eigenvalue weighted by atomic mass is 19.1. The Labute approximate surface area is 85.9 Å². The van der Waals surface area contributed by atoms with Crippen LogP contribution in [0.1, 0.15) is 22.8 Å². The zero-order chi connectivity index (χ0) is 11.0. The van der Waals surface area contributed by atoms with Crippen molar-refractivity contribution in [2.45, 2.75) is 13.3 Å². The lowest BCUT2D eigenvalue weighted by Gasteiger charge is -2.17. The maximum atomic E-state index is 13.3. The van der Waals surface area contributed by atoms with E-state index in [2.05, 4.69) is 0 Å². The Balaban J connectivity index is 2.51. The summed E-state index contributed by atoms with van der Waals surface area (Å²) in [4.78, 5) is 22.2. The first-order valence-corrected chi connectivity index (χ1v) is 4.56. The van der Waals surface area contributed by atoms with E-state index in [0.29, 0.717) is 11.3 Å². The molecule has 15 heavy (non-hydrogen) atoms. The lowest BCUT2D eigenvalue weighted by Crippen LogP contribution is -2.21. The summed E-state index contributed by atoms with van der Waals surface area (Å²) in [5.41, 5.74) is 0.588. The van der Waals surface area contributed by atoms with Gasteiger partial charge in [-0.15, -0.1) is 0 Å². The number of carbonyl (C=O) groups excluding carboxylic acids is 2. The Morgan fingerprint density at radius 2 is 2.20 bits per heavy atom. The molecule has 4 heteroatoms. The van der Waals surface area contributed by atoms with Gasteiger partial charge >= 0.3 is 0 Å². The molecule has 0 aromatic heterocycles. The summed E-state index contributed by atoms with van der Waals surface area (Å²) in [6.45, 7) is 1.27. The fourth-order valence-electron chi connectivity index (χ4n) is 1.56. The third-order valence-electron chi connectivity index (χ3n) is 2.31. The van der Waals surface area contributed by atoms with E-state index in [4.69, 9.17) is 4.74 Å². The smallest absolute Gasteiger partial charge is 0.174 e. The van der Waals surface area contributed by atoms with Crippen LogP contribution in [0.4, 0.5) is 4.39 Å². The minimum Gasteiger partial charge on any atom is -0.485 e. The molecule has 0 atom stereocenters. The van der Waals surface area contributed by atoms with Crippen LogP contribution in [-0.2, 0) is 11.2 Å². The number of benzene rings is 1. The second kappa shape index (κ2) is 3.46. The average molecular weight is 208 g/mol. The number of halogens is 1. The number of ketones is 2. The Bertz CT molecular complexity index is 451. The van der Waals surface area contributed by atoms with E-state index in [0.717, 1.165) is 0 Å². The quantitative estimate of drug-likeness (QED) is 0.657. The molecular weight excluding hydrogens is 199 g/mol.